The molecule has 8 heteroatoms. The van der Waals surface area contributed by atoms with E-state index < -0.39 is 0 Å². The molecule has 0 saturated carbocycles. The predicted molar refractivity (Wildman–Crippen MR) is 117 cm³/mol. The summed E-state index contributed by atoms with van der Waals surface area (Å²) in [6.07, 6.45) is 0.480. The third kappa shape index (κ3) is 3.95. The van der Waals surface area contributed by atoms with Gasteiger partial charge in [0.25, 0.3) is 0 Å². The second-order valence-electron chi connectivity index (χ2n) is 6.64. The fourth-order valence-electron chi connectivity index (χ4n) is 3.38. The maximum atomic E-state index is 13.2. The number of ether oxygens (including phenoxy) is 2. The average Bonchev–Trinajstić information content (AvgIpc) is 3.40. The maximum Gasteiger partial charge on any atom is 0.310 e. The second kappa shape index (κ2) is 8.53. The van der Waals surface area contributed by atoms with Crippen LogP contribution < -0.4 is 9.47 Å². The Balaban J connectivity index is 1.78. The fraction of sp³-hybridized carbons (Fsp3) is 0.182. The van der Waals surface area contributed by atoms with E-state index in [1.807, 2.05) is 30.3 Å². The number of methoxy groups -OCH3 is 2. The second-order valence-corrected chi connectivity index (χ2v) is 7.83. The van der Waals surface area contributed by atoms with E-state index in [1.165, 1.54) is 5.01 Å². The van der Waals surface area contributed by atoms with Crippen molar-refractivity contribution in [2.24, 2.45) is 5.10 Å². The van der Waals surface area contributed by atoms with Crippen LogP contribution in [0.3, 0.4) is 0 Å². The van der Waals surface area contributed by atoms with E-state index in [2.05, 4.69) is 21.0 Å². The predicted octanol–water partition coefficient (Wildman–Crippen LogP) is 5.70. The van der Waals surface area contributed by atoms with Crippen LogP contribution in [0.1, 0.15) is 34.1 Å². The third-order valence-corrected chi connectivity index (χ3v) is 5.62. The number of rotatable bonds is 5. The Morgan fingerprint density at radius 1 is 1.13 bits per heavy atom. The van der Waals surface area contributed by atoms with Gasteiger partial charge in [0.15, 0.2) is 10.4 Å². The highest BCUT2D eigenvalue weighted by atomic mass is 79.9. The van der Waals surface area contributed by atoms with E-state index in [0.29, 0.717) is 27.6 Å². The molecule has 1 atom stereocenters. The Morgan fingerprint density at radius 2 is 1.83 bits per heavy atom. The monoisotopic (exact) mass is 488 g/mol. The quantitative estimate of drug-likeness (QED) is 0.461. The molecular formula is C22H18BrClN2O4. The van der Waals surface area contributed by atoms with E-state index in [4.69, 9.17) is 25.5 Å². The van der Waals surface area contributed by atoms with Crippen molar-refractivity contribution in [3.05, 3.63) is 81.2 Å². The molecule has 2 aromatic carbocycles. The van der Waals surface area contributed by atoms with Gasteiger partial charge in [-0.15, -0.1) is 0 Å². The van der Waals surface area contributed by atoms with Crippen LogP contribution in [0.25, 0.3) is 0 Å². The number of nitrogens with zero attached hydrogens (tertiary/aromatic N) is 2. The number of hydrogen-bond donors (Lipinski definition) is 0. The molecule has 0 spiro atoms. The number of halogens is 2. The first kappa shape index (κ1) is 20.5. The summed E-state index contributed by atoms with van der Waals surface area (Å²) in [6, 6.07) is 15.9. The minimum Gasteiger partial charge on any atom is -0.497 e. The highest BCUT2D eigenvalue weighted by Crippen LogP contribution is 2.38. The zero-order valence-electron chi connectivity index (χ0n) is 16.3. The van der Waals surface area contributed by atoms with E-state index in [0.717, 1.165) is 16.8 Å². The third-order valence-electron chi connectivity index (χ3n) is 4.85. The van der Waals surface area contributed by atoms with E-state index in [9.17, 15) is 4.79 Å². The van der Waals surface area contributed by atoms with E-state index in [1.54, 1.807) is 38.5 Å². The van der Waals surface area contributed by atoms with Gasteiger partial charge in [-0.1, -0.05) is 29.8 Å². The molecule has 4 rings (SSSR count). The van der Waals surface area contributed by atoms with Gasteiger partial charge in [0, 0.05) is 23.1 Å². The van der Waals surface area contributed by atoms with Crippen LogP contribution in [0.2, 0.25) is 5.02 Å². The zero-order chi connectivity index (χ0) is 21.3. The van der Waals surface area contributed by atoms with Crippen LogP contribution in [0, 0.1) is 0 Å². The smallest absolute Gasteiger partial charge is 0.310 e. The molecule has 2 heterocycles. The van der Waals surface area contributed by atoms with Crippen LogP contribution in [0.5, 0.6) is 11.5 Å². The lowest BCUT2D eigenvalue weighted by atomic mass is 9.98. The molecule has 0 saturated heterocycles. The topological polar surface area (TPSA) is 64.3 Å². The first-order valence-electron chi connectivity index (χ1n) is 9.14. The summed E-state index contributed by atoms with van der Waals surface area (Å²) < 4.78 is 16.7. The Bertz CT molecular complexity index is 1110. The molecule has 0 radical (unpaired) electrons. The van der Waals surface area contributed by atoms with Crippen molar-refractivity contribution in [1.29, 1.82) is 0 Å². The largest absolute Gasteiger partial charge is 0.497 e. The van der Waals surface area contributed by atoms with Gasteiger partial charge in [0.05, 0.1) is 26.0 Å². The van der Waals surface area contributed by atoms with E-state index >= 15 is 0 Å². The van der Waals surface area contributed by atoms with Crippen molar-refractivity contribution in [2.45, 2.75) is 12.5 Å². The number of carbonyl (C=O) groups is 1. The van der Waals surface area contributed by atoms with Crippen molar-refractivity contribution < 1.29 is 18.7 Å². The molecule has 1 aromatic heterocycles. The molecule has 30 heavy (non-hydrogen) atoms. The van der Waals surface area contributed by atoms with Gasteiger partial charge in [-0.2, -0.15) is 5.10 Å². The lowest BCUT2D eigenvalue weighted by Crippen LogP contribution is -2.27. The van der Waals surface area contributed by atoms with Gasteiger partial charge in [0.2, 0.25) is 0 Å². The summed E-state index contributed by atoms with van der Waals surface area (Å²) in [5.74, 6) is 1.12. The number of hydrazone groups is 1. The number of furan rings is 1. The van der Waals surface area contributed by atoms with Gasteiger partial charge in [0.1, 0.15) is 11.5 Å². The molecule has 154 valence electrons. The van der Waals surface area contributed by atoms with Crippen LogP contribution in [-0.4, -0.2) is 30.8 Å². The minimum absolute atomic E-state index is 0.187. The van der Waals surface area contributed by atoms with Gasteiger partial charge < -0.3 is 13.9 Å². The molecule has 3 aromatic rings. The van der Waals surface area contributed by atoms with Crippen LogP contribution >= 0.6 is 27.5 Å². The number of benzene rings is 2. The van der Waals surface area contributed by atoms with Gasteiger partial charge >= 0.3 is 5.91 Å². The van der Waals surface area contributed by atoms with Crippen molar-refractivity contribution in [2.75, 3.05) is 14.2 Å². The molecule has 0 aliphatic carbocycles. The summed E-state index contributed by atoms with van der Waals surface area (Å²) in [5.41, 5.74) is 2.34. The molecule has 0 bridgehead atoms. The van der Waals surface area contributed by atoms with Crippen molar-refractivity contribution in [1.82, 2.24) is 5.01 Å². The highest BCUT2D eigenvalue weighted by Gasteiger charge is 2.36. The average molecular weight is 490 g/mol. The van der Waals surface area contributed by atoms with Gasteiger partial charge in [-0.25, -0.2) is 5.01 Å². The lowest BCUT2D eigenvalue weighted by molar-refractivity contribution is 0.0677. The summed E-state index contributed by atoms with van der Waals surface area (Å²) in [7, 11) is 3.18. The fourth-order valence-corrected chi connectivity index (χ4v) is 3.94. The Kier molecular flexibility index (Phi) is 5.83. The molecule has 0 N–H and O–H groups in total. The van der Waals surface area contributed by atoms with Crippen LogP contribution in [-0.2, 0) is 0 Å². The van der Waals surface area contributed by atoms with Gasteiger partial charge in [-0.05, 0) is 51.8 Å². The number of hydrogen-bond acceptors (Lipinski definition) is 5. The summed E-state index contributed by atoms with van der Waals surface area (Å²) >= 11 is 9.69. The molecule has 0 fully saturated rings. The number of carbonyl (C=O) groups excluding carboxylic acids is 1. The molecule has 1 amide bonds. The first-order valence-corrected chi connectivity index (χ1v) is 10.3. The maximum absolute atomic E-state index is 13.2. The highest BCUT2D eigenvalue weighted by molar-refractivity contribution is 9.10. The van der Waals surface area contributed by atoms with Crippen molar-refractivity contribution in [3.63, 3.8) is 0 Å². The Labute approximate surface area is 187 Å². The molecule has 1 aliphatic heterocycles. The van der Waals surface area contributed by atoms with Crippen molar-refractivity contribution >= 4 is 39.1 Å². The first-order chi connectivity index (χ1) is 14.5. The summed E-state index contributed by atoms with van der Waals surface area (Å²) in [6.45, 7) is 0. The van der Waals surface area contributed by atoms with Crippen molar-refractivity contribution in [3.8, 4) is 11.5 Å². The van der Waals surface area contributed by atoms with Gasteiger partial charge in [-0.3, -0.25) is 4.79 Å². The Hall–Kier alpha value is -2.77. The van der Waals surface area contributed by atoms with E-state index in [-0.39, 0.29) is 17.7 Å². The number of amides is 1. The summed E-state index contributed by atoms with van der Waals surface area (Å²) in [5, 5.41) is 6.64. The molecular weight excluding hydrogens is 472 g/mol. The normalized spacial score (nSPS) is 15.8. The standard InChI is InChI=1S/C22H18BrClN2O4/c1-28-14-9-13(10-15(11-14)29-2)18-12-19(16-5-3-4-6-17(16)24)26(25-18)22(27)20-7-8-21(23)30-20/h3-11,19H,12H2,1-2H3. The Morgan fingerprint density at radius 3 is 2.43 bits per heavy atom. The lowest BCUT2D eigenvalue weighted by Gasteiger charge is -2.22. The molecule has 1 unspecified atom stereocenters. The van der Waals surface area contributed by atoms with Crippen LogP contribution in [0.15, 0.2) is 68.8 Å². The SMILES string of the molecule is COc1cc(OC)cc(C2=NN(C(=O)c3ccc(Br)o3)C(c3ccccc3Cl)C2)c1. The van der Waals surface area contributed by atoms with Crippen LogP contribution in [0.4, 0.5) is 0 Å². The minimum atomic E-state index is -0.373. The molecule has 6 nitrogen and oxygen atoms in total. The molecule has 1 aliphatic rings. The zero-order valence-corrected chi connectivity index (χ0v) is 18.6. The summed E-state index contributed by atoms with van der Waals surface area (Å²) in [4.78, 5) is 13.2.